The van der Waals surface area contributed by atoms with E-state index in [1.807, 2.05) is 13.8 Å². The van der Waals surface area contributed by atoms with E-state index in [0.717, 1.165) is 22.7 Å². The molecule has 3 aromatic rings. The van der Waals surface area contributed by atoms with Gasteiger partial charge in [0, 0.05) is 4.88 Å². The monoisotopic (exact) mass is 340 g/mol. The maximum absolute atomic E-state index is 12.9. The van der Waals surface area contributed by atoms with Crippen LogP contribution >= 0.6 is 11.3 Å². The van der Waals surface area contributed by atoms with Gasteiger partial charge < -0.3 is 0 Å². The quantitative estimate of drug-likeness (QED) is 0.774. The van der Waals surface area contributed by atoms with E-state index in [-0.39, 0.29) is 5.95 Å². The molecule has 2 heterocycles. The molecule has 0 bridgehead atoms. The lowest BCUT2D eigenvalue weighted by molar-refractivity contribution is -0.137. The Bertz CT molecular complexity index is 897. The number of carbonyl (C=O) groups excluding carboxylic acids is 1. The highest BCUT2D eigenvalue weighted by Crippen LogP contribution is 2.32. The summed E-state index contributed by atoms with van der Waals surface area (Å²) >= 11 is 1.39. The molecule has 3 rings (SSSR count). The third-order valence-corrected chi connectivity index (χ3v) is 4.40. The Morgan fingerprint density at radius 3 is 2.61 bits per heavy atom. The number of carbonyl (C=O) groups is 1. The molecule has 0 aliphatic rings. The minimum atomic E-state index is -4.61. The second kappa shape index (κ2) is 5.34. The number of aromatic nitrogens is 3. The Labute approximate surface area is 132 Å². The van der Waals surface area contributed by atoms with Crippen LogP contribution in [0.5, 0.6) is 0 Å². The molecule has 0 aliphatic heterocycles. The van der Waals surface area contributed by atoms with Crippen LogP contribution in [0, 0.1) is 13.8 Å². The van der Waals surface area contributed by atoms with Gasteiger partial charge in [0.1, 0.15) is 0 Å². The molecule has 0 radical (unpaired) electrons. The number of rotatable bonds is 2. The van der Waals surface area contributed by atoms with E-state index < -0.39 is 23.2 Å². The summed E-state index contributed by atoms with van der Waals surface area (Å²) < 4.78 is 40.4. The Kier molecular flexibility index (Phi) is 3.59. The number of halogens is 3. The number of fused-ring (bicyclic) bond motifs is 1. The molecule has 120 valence electrons. The van der Waals surface area contributed by atoms with Crippen molar-refractivity contribution in [1.82, 2.24) is 14.6 Å². The van der Waals surface area contributed by atoms with Crippen molar-refractivity contribution >= 4 is 28.2 Å². The summed E-state index contributed by atoms with van der Waals surface area (Å²) in [6.07, 6.45) is -4.61. The maximum Gasteiger partial charge on any atom is 0.417 e. The molecule has 9 heteroatoms. The van der Waals surface area contributed by atoms with Crippen molar-refractivity contribution in [3.05, 3.63) is 46.0 Å². The summed E-state index contributed by atoms with van der Waals surface area (Å²) in [6.45, 7) is 3.76. The first kappa shape index (κ1) is 15.5. The van der Waals surface area contributed by atoms with Gasteiger partial charge in [-0.05, 0) is 26.0 Å². The lowest BCUT2D eigenvalue weighted by atomic mass is 10.1. The molecular weight excluding hydrogens is 329 g/mol. The van der Waals surface area contributed by atoms with E-state index in [0.29, 0.717) is 4.96 Å². The van der Waals surface area contributed by atoms with Crippen LogP contribution in [0.3, 0.4) is 0 Å². The van der Waals surface area contributed by atoms with E-state index in [4.69, 9.17) is 0 Å². The molecule has 0 saturated carbocycles. The van der Waals surface area contributed by atoms with Gasteiger partial charge in [-0.1, -0.05) is 23.5 Å². The summed E-state index contributed by atoms with van der Waals surface area (Å²) in [7, 11) is 0. The van der Waals surface area contributed by atoms with Crippen LogP contribution < -0.4 is 5.32 Å². The molecule has 0 unspecified atom stereocenters. The highest BCUT2D eigenvalue weighted by Gasteiger charge is 2.35. The summed E-state index contributed by atoms with van der Waals surface area (Å²) in [5.41, 5.74) is -0.592. The highest BCUT2D eigenvalue weighted by atomic mass is 32.1. The Morgan fingerprint density at radius 1 is 1.26 bits per heavy atom. The van der Waals surface area contributed by atoms with Crippen LogP contribution in [-0.4, -0.2) is 20.5 Å². The number of nitrogens with zero attached hydrogens (tertiary/aromatic N) is 3. The second-order valence-electron chi connectivity index (χ2n) is 4.87. The summed E-state index contributed by atoms with van der Waals surface area (Å²) in [6, 6.07) is 4.58. The van der Waals surface area contributed by atoms with Gasteiger partial charge in [0.05, 0.1) is 16.8 Å². The van der Waals surface area contributed by atoms with Crippen LogP contribution in [-0.2, 0) is 6.18 Å². The highest BCUT2D eigenvalue weighted by molar-refractivity contribution is 7.17. The fourth-order valence-corrected chi connectivity index (χ4v) is 3.00. The molecule has 0 spiro atoms. The van der Waals surface area contributed by atoms with Crippen molar-refractivity contribution in [3.8, 4) is 0 Å². The van der Waals surface area contributed by atoms with Gasteiger partial charge in [0.2, 0.25) is 4.96 Å². The minimum Gasteiger partial charge on any atom is -0.289 e. The van der Waals surface area contributed by atoms with Crippen molar-refractivity contribution in [2.45, 2.75) is 20.0 Å². The molecule has 0 atom stereocenters. The molecule has 5 nitrogen and oxygen atoms in total. The summed E-state index contributed by atoms with van der Waals surface area (Å²) in [5.74, 6) is -0.924. The molecule has 1 N–H and O–H groups in total. The fourth-order valence-electron chi connectivity index (χ4n) is 2.09. The first-order valence-corrected chi connectivity index (χ1v) is 7.39. The van der Waals surface area contributed by atoms with Crippen molar-refractivity contribution in [3.63, 3.8) is 0 Å². The second-order valence-corrected chi connectivity index (χ2v) is 6.05. The Hall–Kier alpha value is -2.42. The molecule has 0 aliphatic carbocycles. The molecule has 2 aromatic heterocycles. The lowest BCUT2D eigenvalue weighted by Gasteiger charge is -2.11. The Balaban J connectivity index is 1.92. The molecular formula is C14H11F3N4OS. The SMILES string of the molecule is Cc1sc2nc(NC(=O)c3ccccc3C(F)(F)F)nn2c1C. The molecule has 1 aromatic carbocycles. The number of alkyl halides is 3. The van der Waals surface area contributed by atoms with Crippen LogP contribution in [0.2, 0.25) is 0 Å². The molecule has 0 saturated heterocycles. The van der Waals surface area contributed by atoms with Crippen LogP contribution in [0.15, 0.2) is 24.3 Å². The van der Waals surface area contributed by atoms with E-state index in [2.05, 4.69) is 15.4 Å². The van der Waals surface area contributed by atoms with E-state index in [1.54, 1.807) is 4.52 Å². The van der Waals surface area contributed by atoms with Gasteiger partial charge in [-0.3, -0.25) is 10.1 Å². The first-order valence-electron chi connectivity index (χ1n) is 6.57. The minimum absolute atomic E-state index is 0.0265. The number of benzene rings is 1. The lowest BCUT2D eigenvalue weighted by Crippen LogP contribution is -2.19. The van der Waals surface area contributed by atoms with Crippen molar-refractivity contribution < 1.29 is 18.0 Å². The number of amides is 1. The van der Waals surface area contributed by atoms with Crippen molar-refractivity contribution in [2.24, 2.45) is 0 Å². The number of thiazole rings is 1. The van der Waals surface area contributed by atoms with Gasteiger partial charge in [-0.2, -0.15) is 18.2 Å². The predicted octanol–water partition coefficient (Wildman–Crippen LogP) is 3.68. The zero-order chi connectivity index (χ0) is 16.8. The van der Waals surface area contributed by atoms with E-state index in [9.17, 15) is 18.0 Å². The van der Waals surface area contributed by atoms with Gasteiger partial charge in [-0.25, -0.2) is 4.52 Å². The van der Waals surface area contributed by atoms with Crippen LogP contribution in [0.25, 0.3) is 4.96 Å². The predicted molar refractivity (Wildman–Crippen MR) is 79.7 cm³/mol. The normalized spacial score (nSPS) is 11.9. The summed E-state index contributed by atoms with van der Waals surface area (Å²) in [4.78, 5) is 17.8. The average Bonchev–Trinajstić information content (AvgIpc) is 2.98. The third-order valence-electron chi connectivity index (χ3n) is 3.35. The van der Waals surface area contributed by atoms with E-state index in [1.165, 1.54) is 23.5 Å². The smallest absolute Gasteiger partial charge is 0.289 e. The zero-order valence-electron chi connectivity index (χ0n) is 12.1. The van der Waals surface area contributed by atoms with E-state index >= 15 is 0 Å². The Morgan fingerprint density at radius 2 is 1.96 bits per heavy atom. The zero-order valence-corrected chi connectivity index (χ0v) is 12.9. The van der Waals surface area contributed by atoms with Crippen LogP contribution in [0.1, 0.15) is 26.5 Å². The number of hydrogen-bond acceptors (Lipinski definition) is 4. The topological polar surface area (TPSA) is 59.3 Å². The van der Waals surface area contributed by atoms with Crippen LogP contribution in [0.4, 0.5) is 19.1 Å². The van der Waals surface area contributed by atoms with Gasteiger partial charge in [-0.15, -0.1) is 5.10 Å². The van der Waals surface area contributed by atoms with Crippen molar-refractivity contribution in [2.75, 3.05) is 5.32 Å². The number of nitrogens with one attached hydrogen (secondary N) is 1. The first-order chi connectivity index (χ1) is 10.8. The van der Waals surface area contributed by atoms with Gasteiger partial charge in [0.15, 0.2) is 0 Å². The number of hydrogen-bond donors (Lipinski definition) is 1. The average molecular weight is 340 g/mol. The maximum atomic E-state index is 12.9. The van der Waals surface area contributed by atoms with Crippen molar-refractivity contribution in [1.29, 1.82) is 0 Å². The molecule has 23 heavy (non-hydrogen) atoms. The molecule has 1 amide bonds. The van der Waals surface area contributed by atoms with Gasteiger partial charge in [0.25, 0.3) is 11.9 Å². The standard InChI is InChI=1S/C14H11F3N4OS/c1-7-8(2)23-13-19-12(20-21(7)13)18-11(22)9-5-3-4-6-10(9)14(15,16)17/h3-6H,1-2H3,(H,18,20,22). The third kappa shape index (κ3) is 2.79. The number of anilines is 1. The number of aryl methyl sites for hydroxylation is 2. The largest absolute Gasteiger partial charge is 0.417 e. The van der Waals surface area contributed by atoms with Gasteiger partial charge >= 0.3 is 6.18 Å². The molecule has 0 fully saturated rings. The summed E-state index contributed by atoms with van der Waals surface area (Å²) in [5, 5.41) is 6.41. The fraction of sp³-hybridized carbons (Fsp3) is 0.214.